The first-order valence-electron chi connectivity index (χ1n) is 4.58. The summed E-state index contributed by atoms with van der Waals surface area (Å²) < 4.78 is 6.61. The fraction of sp³-hybridized carbons (Fsp3) is 0.333. The molecule has 2 aromatic heterocycles. The minimum Gasteiger partial charge on any atom is -0.298 e. The van der Waals surface area contributed by atoms with Crippen molar-refractivity contribution in [2.75, 3.05) is 0 Å². The van der Waals surface area contributed by atoms with Gasteiger partial charge in [0.15, 0.2) is 10.6 Å². The predicted molar refractivity (Wildman–Crippen MR) is 62.1 cm³/mol. The highest BCUT2D eigenvalue weighted by molar-refractivity contribution is 8.01. The van der Waals surface area contributed by atoms with Crippen LogP contribution in [0.1, 0.15) is 21.9 Å². The normalized spacial score (nSPS) is 10.7. The van der Waals surface area contributed by atoms with Gasteiger partial charge in [-0.05, 0) is 37.1 Å². The Kier molecular flexibility index (Phi) is 3.06. The van der Waals surface area contributed by atoms with Crippen LogP contribution in [-0.4, -0.2) is 25.4 Å². The zero-order chi connectivity index (χ0) is 11.7. The van der Waals surface area contributed by atoms with E-state index in [1.165, 1.54) is 23.3 Å². The van der Waals surface area contributed by atoms with Gasteiger partial charge >= 0.3 is 0 Å². The summed E-state index contributed by atoms with van der Waals surface area (Å²) in [6.07, 6.45) is 0.832. The van der Waals surface area contributed by atoms with Gasteiger partial charge in [-0.1, -0.05) is 0 Å². The second-order valence-corrected chi connectivity index (χ2v) is 5.24. The van der Waals surface area contributed by atoms with E-state index in [0.29, 0.717) is 5.56 Å². The van der Waals surface area contributed by atoms with Crippen LogP contribution in [0.15, 0.2) is 9.37 Å². The molecule has 0 N–H and O–H groups in total. The topological polar surface area (TPSA) is 60.7 Å². The molecule has 0 aliphatic rings. The number of carbonyl (C=O) groups is 1. The second kappa shape index (κ2) is 4.34. The van der Waals surface area contributed by atoms with E-state index < -0.39 is 0 Å². The van der Waals surface area contributed by atoms with E-state index in [1.54, 1.807) is 4.68 Å². The van der Waals surface area contributed by atoms with Crippen LogP contribution in [0.25, 0.3) is 0 Å². The van der Waals surface area contributed by atoms with Crippen LogP contribution in [0.5, 0.6) is 0 Å². The first kappa shape index (κ1) is 11.3. The molecule has 0 aliphatic heterocycles. The molecule has 0 fully saturated rings. The first-order valence-corrected chi connectivity index (χ1v) is 6.17. The summed E-state index contributed by atoms with van der Waals surface area (Å²) in [5.74, 6) is 0.749. The summed E-state index contributed by atoms with van der Waals surface area (Å²) in [5.41, 5.74) is 1.36. The van der Waals surface area contributed by atoms with Crippen molar-refractivity contribution >= 4 is 29.6 Å². The van der Waals surface area contributed by atoms with Gasteiger partial charge in [-0.15, -0.1) is 0 Å². The van der Waals surface area contributed by atoms with Crippen molar-refractivity contribution in [2.45, 2.75) is 23.2 Å². The van der Waals surface area contributed by atoms with E-state index >= 15 is 0 Å². The third kappa shape index (κ3) is 2.00. The molecule has 0 amide bonds. The molecular weight excluding hydrogens is 244 g/mol. The van der Waals surface area contributed by atoms with Crippen LogP contribution in [0.3, 0.4) is 0 Å². The maximum atomic E-state index is 11.0. The van der Waals surface area contributed by atoms with Gasteiger partial charge in [-0.25, -0.2) is 4.98 Å². The molecule has 5 nitrogen and oxygen atoms in total. The molecule has 2 heterocycles. The van der Waals surface area contributed by atoms with Gasteiger partial charge in [0.05, 0.1) is 11.3 Å². The summed E-state index contributed by atoms with van der Waals surface area (Å²) in [6, 6.07) is 0. The molecule has 0 radical (unpaired) electrons. The molecule has 16 heavy (non-hydrogen) atoms. The van der Waals surface area contributed by atoms with Crippen LogP contribution >= 0.6 is 23.3 Å². The van der Waals surface area contributed by atoms with Gasteiger partial charge in [0.1, 0.15) is 10.9 Å². The Morgan fingerprint density at radius 2 is 2.19 bits per heavy atom. The number of aromatic nitrogens is 4. The minimum atomic E-state index is 0.625. The molecule has 7 heteroatoms. The van der Waals surface area contributed by atoms with Crippen molar-refractivity contribution in [3.8, 4) is 0 Å². The molecule has 2 aromatic rings. The highest BCUT2D eigenvalue weighted by atomic mass is 32.2. The smallest absolute Gasteiger partial charge is 0.176 e. The van der Waals surface area contributed by atoms with Gasteiger partial charge in [0.2, 0.25) is 0 Å². The Hall–Kier alpha value is -1.21. The molecule has 0 bridgehead atoms. The van der Waals surface area contributed by atoms with E-state index in [4.69, 9.17) is 0 Å². The molecule has 0 spiro atoms. The molecule has 0 saturated carbocycles. The number of aldehydes is 1. The maximum Gasteiger partial charge on any atom is 0.176 e. The van der Waals surface area contributed by atoms with Crippen LogP contribution in [0.2, 0.25) is 0 Å². The lowest BCUT2D eigenvalue weighted by Gasteiger charge is -1.98. The SMILES string of the molecule is Cc1nsc(Sc2c(C=O)c(C)nn2C)n1. The Labute approximate surface area is 101 Å². The highest BCUT2D eigenvalue weighted by Gasteiger charge is 2.15. The van der Waals surface area contributed by atoms with E-state index in [9.17, 15) is 4.79 Å². The first-order chi connectivity index (χ1) is 7.61. The highest BCUT2D eigenvalue weighted by Crippen LogP contribution is 2.31. The van der Waals surface area contributed by atoms with Gasteiger partial charge < -0.3 is 0 Å². The lowest BCUT2D eigenvalue weighted by atomic mass is 10.3. The molecule has 0 saturated heterocycles. The van der Waals surface area contributed by atoms with Crippen LogP contribution in [0, 0.1) is 13.8 Å². The van der Waals surface area contributed by atoms with E-state index in [-0.39, 0.29) is 0 Å². The second-order valence-electron chi connectivity index (χ2n) is 3.26. The van der Waals surface area contributed by atoms with Gasteiger partial charge in [0.25, 0.3) is 0 Å². The maximum absolute atomic E-state index is 11.0. The summed E-state index contributed by atoms with van der Waals surface area (Å²) in [6.45, 7) is 3.66. The number of carbonyl (C=O) groups excluding carboxylic acids is 1. The van der Waals surface area contributed by atoms with Gasteiger partial charge in [-0.3, -0.25) is 9.48 Å². The number of aryl methyl sites for hydroxylation is 3. The monoisotopic (exact) mass is 254 g/mol. The van der Waals surface area contributed by atoms with Gasteiger partial charge in [0, 0.05) is 7.05 Å². The molecule has 0 aromatic carbocycles. The Morgan fingerprint density at radius 3 is 2.75 bits per heavy atom. The molecular formula is C9H10N4OS2. The number of hydrogen-bond donors (Lipinski definition) is 0. The summed E-state index contributed by atoms with van der Waals surface area (Å²) >= 11 is 2.75. The fourth-order valence-corrected chi connectivity index (χ4v) is 3.06. The standard InChI is InChI=1S/C9H10N4OS2/c1-5-7(4-14)8(13(3)11-5)15-9-10-6(2)12-16-9/h4H,1-3H3. The summed E-state index contributed by atoms with van der Waals surface area (Å²) in [5, 5.41) is 5.01. The predicted octanol–water partition coefficient (Wildman–Crippen LogP) is 1.85. The minimum absolute atomic E-state index is 0.625. The quantitative estimate of drug-likeness (QED) is 0.782. The molecule has 2 rings (SSSR count). The van der Waals surface area contributed by atoms with Crippen LogP contribution in [-0.2, 0) is 7.05 Å². The number of nitrogens with zero attached hydrogens (tertiary/aromatic N) is 4. The van der Waals surface area contributed by atoms with Crippen molar-refractivity contribution in [2.24, 2.45) is 7.05 Å². The molecule has 0 atom stereocenters. The largest absolute Gasteiger partial charge is 0.298 e. The van der Waals surface area contributed by atoms with Crippen LogP contribution < -0.4 is 0 Å². The fourth-order valence-electron chi connectivity index (χ4n) is 1.31. The van der Waals surface area contributed by atoms with Crippen molar-refractivity contribution in [1.29, 1.82) is 0 Å². The summed E-state index contributed by atoms with van der Waals surface area (Å²) in [4.78, 5) is 15.2. The lowest BCUT2D eigenvalue weighted by molar-refractivity contribution is 0.112. The molecule has 0 aliphatic carbocycles. The zero-order valence-corrected chi connectivity index (χ0v) is 10.7. The van der Waals surface area contributed by atoms with E-state index in [2.05, 4.69) is 14.5 Å². The third-order valence-corrected chi connectivity index (χ3v) is 4.04. The Morgan fingerprint density at radius 1 is 1.44 bits per heavy atom. The Balaban J connectivity index is 2.37. The average Bonchev–Trinajstić information content (AvgIpc) is 2.73. The number of hydrogen-bond acceptors (Lipinski definition) is 6. The molecule has 0 unspecified atom stereocenters. The van der Waals surface area contributed by atoms with Crippen molar-refractivity contribution in [1.82, 2.24) is 19.1 Å². The zero-order valence-electron chi connectivity index (χ0n) is 9.09. The Bertz CT molecular complexity index is 532. The van der Waals surface area contributed by atoms with Crippen LogP contribution in [0.4, 0.5) is 0 Å². The third-order valence-electron chi connectivity index (χ3n) is 2.02. The van der Waals surface area contributed by atoms with Gasteiger partial charge in [-0.2, -0.15) is 9.47 Å². The van der Waals surface area contributed by atoms with E-state index in [0.717, 1.165) is 27.2 Å². The lowest BCUT2D eigenvalue weighted by Crippen LogP contribution is -1.93. The van der Waals surface area contributed by atoms with Crippen molar-refractivity contribution in [3.05, 3.63) is 17.1 Å². The average molecular weight is 254 g/mol. The number of rotatable bonds is 3. The van der Waals surface area contributed by atoms with Crippen molar-refractivity contribution < 1.29 is 4.79 Å². The van der Waals surface area contributed by atoms with Crippen molar-refractivity contribution in [3.63, 3.8) is 0 Å². The molecule has 84 valence electrons. The van der Waals surface area contributed by atoms with E-state index in [1.807, 2.05) is 20.9 Å². The summed E-state index contributed by atoms with van der Waals surface area (Å²) in [7, 11) is 1.82.